The number of ether oxygens (including phenoxy) is 1. The summed E-state index contributed by atoms with van der Waals surface area (Å²) in [5.41, 5.74) is 7.44. The molecule has 1 atom stereocenters. The maximum atomic E-state index is 5.97. The van der Waals surface area contributed by atoms with Crippen molar-refractivity contribution in [3.05, 3.63) is 28.8 Å². The highest BCUT2D eigenvalue weighted by atomic mass is 35.5. The molecule has 0 aliphatic heterocycles. The van der Waals surface area contributed by atoms with Gasteiger partial charge in [-0.1, -0.05) is 17.7 Å². The number of nitrogens with zero attached hydrogens (tertiary/aromatic N) is 1. The lowest BCUT2D eigenvalue weighted by Crippen LogP contribution is -2.32. The lowest BCUT2D eigenvalue weighted by Gasteiger charge is -2.24. The van der Waals surface area contributed by atoms with Crippen molar-refractivity contribution in [1.29, 1.82) is 0 Å². The number of likely N-dealkylation sites (N-methyl/N-ethyl adjacent to an activating group) is 1. The average molecular weight is 243 g/mol. The van der Waals surface area contributed by atoms with Gasteiger partial charge >= 0.3 is 0 Å². The predicted molar refractivity (Wildman–Crippen MR) is 68.7 cm³/mol. The average Bonchev–Trinajstić information content (AvgIpc) is 2.24. The topological polar surface area (TPSA) is 38.5 Å². The van der Waals surface area contributed by atoms with Crippen LogP contribution in [0.1, 0.15) is 12.5 Å². The second-order valence-electron chi connectivity index (χ2n) is 4.08. The second kappa shape index (κ2) is 6.09. The lowest BCUT2D eigenvalue weighted by molar-refractivity contribution is 0.112. The Labute approximate surface area is 102 Å². The van der Waals surface area contributed by atoms with Crippen LogP contribution in [0.5, 0.6) is 0 Å². The highest BCUT2D eigenvalue weighted by molar-refractivity contribution is 6.33. The number of hydrogen-bond donors (Lipinski definition) is 1. The van der Waals surface area contributed by atoms with Crippen LogP contribution in [0.15, 0.2) is 18.2 Å². The van der Waals surface area contributed by atoms with Crippen LogP contribution in [0, 0.1) is 0 Å². The number of hydrogen-bond acceptors (Lipinski definition) is 3. The van der Waals surface area contributed by atoms with Crippen LogP contribution in [0.3, 0.4) is 0 Å². The van der Waals surface area contributed by atoms with E-state index >= 15 is 0 Å². The number of benzene rings is 1. The van der Waals surface area contributed by atoms with Crippen molar-refractivity contribution >= 4 is 17.3 Å². The molecule has 0 aliphatic carbocycles. The molecule has 1 rings (SSSR count). The van der Waals surface area contributed by atoms with Crippen molar-refractivity contribution < 1.29 is 4.74 Å². The molecule has 0 saturated heterocycles. The molecule has 90 valence electrons. The third-order valence-corrected chi connectivity index (χ3v) is 2.98. The van der Waals surface area contributed by atoms with Gasteiger partial charge < -0.3 is 10.5 Å². The molecular formula is C12H19ClN2O. The summed E-state index contributed by atoms with van der Waals surface area (Å²) < 4.78 is 5.12. The molecule has 0 heterocycles. The first kappa shape index (κ1) is 13.3. The van der Waals surface area contributed by atoms with E-state index in [1.807, 2.05) is 18.2 Å². The Hall–Kier alpha value is -0.770. The van der Waals surface area contributed by atoms with Crippen LogP contribution in [-0.4, -0.2) is 31.7 Å². The van der Waals surface area contributed by atoms with Gasteiger partial charge in [-0.05, 0) is 31.7 Å². The van der Waals surface area contributed by atoms with Crippen molar-refractivity contribution in [2.24, 2.45) is 0 Å². The lowest BCUT2D eigenvalue weighted by atomic mass is 10.2. The van der Waals surface area contributed by atoms with Crippen LogP contribution in [0.4, 0.5) is 5.69 Å². The van der Waals surface area contributed by atoms with Gasteiger partial charge in [0.1, 0.15) is 0 Å². The number of methoxy groups -OCH3 is 1. The number of nitrogens with two attached hydrogens (primary N) is 1. The molecule has 0 spiro atoms. The van der Waals surface area contributed by atoms with Crippen LogP contribution in [0.2, 0.25) is 5.02 Å². The second-order valence-corrected chi connectivity index (χ2v) is 4.48. The zero-order valence-electron chi connectivity index (χ0n) is 10.0. The van der Waals surface area contributed by atoms with Crippen molar-refractivity contribution in [3.63, 3.8) is 0 Å². The molecule has 0 aliphatic rings. The van der Waals surface area contributed by atoms with Gasteiger partial charge in [-0.2, -0.15) is 0 Å². The quantitative estimate of drug-likeness (QED) is 0.806. The number of halogens is 1. The zero-order valence-corrected chi connectivity index (χ0v) is 10.8. The Morgan fingerprint density at radius 2 is 2.19 bits per heavy atom. The molecule has 4 heteroatoms. The van der Waals surface area contributed by atoms with Crippen molar-refractivity contribution in [1.82, 2.24) is 4.90 Å². The van der Waals surface area contributed by atoms with E-state index in [9.17, 15) is 0 Å². The van der Waals surface area contributed by atoms with E-state index in [-0.39, 0.29) is 0 Å². The highest BCUT2D eigenvalue weighted by Gasteiger charge is 2.09. The summed E-state index contributed by atoms with van der Waals surface area (Å²) in [6.45, 7) is 3.69. The SMILES string of the molecule is COCC(C)N(C)Cc1ccc(N)c(Cl)c1. The molecule has 16 heavy (non-hydrogen) atoms. The summed E-state index contributed by atoms with van der Waals surface area (Å²) in [6.07, 6.45) is 0. The fourth-order valence-corrected chi connectivity index (χ4v) is 1.68. The number of rotatable bonds is 5. The minimum Gasteiger partial charge on any atom is -0.398 e. The standard InChI is InChI=1S/C12H19ClN2O/c1-9(8-16-3)15(2)7-10-4-5-12(14)11(13)6-10/h4-6,9H,7-8,14H2,1-3H3. The van der Waals surface area contributed by atoms with Gasteiger partial charge in [0.05, 0.1) is 17.3 Å². The van der Waals surface area contributed by atoms with Crippen LogP contribution >= 0.6 is 11.6 Å². The van der Waals surface area contributed by atoms with E-state index in [2.05, 4.69) is 18.9 Å². The van der Waals surface area contributed by atoms with E-state index < -0.39 is 0 Å². The molecule has 0 fully saturated rings. The molecule has 0 bridgehead atoms. The molecule has 0 radical (unpaired) electrons. The summed E-state index contributed by atoms with van der Waals surface area (Å²) in [7, 11) is 3.78. The molecule has 0 saturated carbocycles. The van der Waals surface area contributed by atoms with Crippen LogP contribution in [-0.2, 0) is 11.3 Å². The van der Waals surface area contributed by atoms with Gasteiger partial charge in [-0.3, -0.25) is 4.90 Å². The molecule has 0 aromatic heterocycles. The number of anilines is 1. The molecule has 0 amide bonds. The van der Waals surface area contributed by atoms with Crippen molar-refractivity contribution in [3.8, 4) is 0 Å². The minimum absolute atomic E-state index is 0.376. The first-order valence-electron chi connectivity index (χ1n) is 5.27. The summed E-state index contributed by atoms with van der Waals surface area (Å²) in [6, 6.07) is 6.12. The van der Waals surface area contributed by atoms with Gasteiger partial charge in [0, 0.05) is 19.7 Å². The molecule has 3 nitrogen and oxygen atoms in total. The smallest absolute Gasteiger partial charge is 0.0638 e. The summed E-state index contributed by atoms with van der Waals surface area (Å²) in [5.74, 6) is 0. The first-order chi connectivity index (χ1) is 7.54. The van der Waals surface area contributed by atoms with Crippen LogP contribution in [0.25, 0.3) is 0 Å². The van der Waals surface area contributed by atoms with E-state index in [4.69, 9.17) is 22.1 Å². The van der Waals surface area contributed by atoms with Gasteiger partial charge in [-0.15, -0.1) is 0 Å². The molecule has 2 N–H and O–H groups in total. The Balaban J connectivity index is 2.62. The van der Waals surface area contributed by atoms with E-state index in [1.54, 1.807) is 7.11 Å². The maximum absolute atomic E-state index is 5.97. The normalized spacial score (nSPS) is 13.1. The third-order valence-electron chi connectivity index (χ3n) is 2.66. The van der Waals surface area contributed by atoms with Gasteiger partial charge in [0.25, 0.3) is 0 Å². The first-order valence-corrected chi connectivity index (χ1v) is 5.65. The summed E-state index contributed by atoms with van der Waals surface area (Å²) >= 11 is 5.97. The maximum Gasteiger partial charge on any atom is 0.0638 e. The Kier molecular flexibility index (Phi) is 5.06. The summed E-state index contributed by atoms with van der Waals surface area (Å²) in [5, 5.41) is 0.616. The van der Waals surface area contributed by atoms with Gasteiger partial charge in [0.2, 0.25) is 0 Å². The van der Waals surface area contributed by atoms with E-state index in [1.165, 1.54) is 0 Å². The van der Waals surface area contributed by atoms with E-state index in [0.29, 0.717) is 16.8 Å². The van der Waals surface area contributed by atoms with Crippen molar-refractivity contribution in [2.75, 3.05) is 26.5 Å². The molecule has 1 aromatic rings. The fourth-order valence-electron chi connectivity index (χ4n) is 1.48. The predicted octanol–water partition coefficient (Wildman–Crippen LogP) is 2.39. The molecule has 1 unspecified atom stereocenters. The van der Waals surface area contributed by atoms with Gasteiger partial charge in [-0.25, -0.2) is 0 Å². The Morgan fingerprint density at radius 3 is 2.75 bits per heavy atom. The largest absolute Gasteiger partial charge is 0.398 e. The highest BCUT2D eigenvalue weighted by Crippen LogP contribution is 2.20. The zero-order chi connectivity index (χ0) is 12.1. The molecule has 1 aromatic carbocycles. The molecular weight excluding hydrogens is 224 g/mol. The monoisotopic (exact) mass is 242 g/mol. The third kappa shape index (κ3) is 3.67. The number of nitrogen functional groups attached to an aromatic ring is 1. The van der Waals surface area contributed by atoms with Crippen LogP contribution < -0.4 is 5.73 Å². The van der Waals surface area contributed by atoms with Gasteiger partial charge in [0.15, 0.2) is 0 Å². The Bertz CT molecular complexity index is 344. The van der Waals surface area contributed by atoms with E-state index in [0.717, 1.165) is 18.7 Å². The Morgan fingerprint density at radius 1 is 1.50 bits per heavy atom. The fraction of sp³-hybridized carbons (Fsp3) is 0.500. The summed E-state index contributed by atoms with van der Waals surface area (Å²) in [4.78, 5) is 2.21. The minimum atomic E-state index is 0.376. The van der Waals surface area contributed by atoms with Crippen molar-refractivity contribution in [2.45, 2.75) is 19.5 Å².